The molecule has 0 spiro atoms. The molecule has 34 heavy (non-hydrogen) atoms. The molecule has 0 aromatic carbocycles. The smallest absolute Gasteiger partial charge is 0.00127 e. The Labute approximate surface area is 213 Å². The van der Waals surface area contributed by atoms with E-state index in [0.717, 1.165) is 23.7 Å². The zero-order chi connectivity index (χ0) is 23.3. The van der Waals surface area contributed by atoms with E-state index in [-0.39, 0.29) is 0 Å². The van der Waals surface area contributed by atoms with E-state index in [1.807, 2.05) is 0 Å². The third-order valence-corrected chi connectivity index (χ3v) is 9.92. The van der Waals surface area contributed by atoms with Gasteiger partial charge in [0.2, 0.25) is 0 Å². The molecule has 2 heteroatoms. The summed E-state index contributed by atoms with van der Waals surface area (Å²) in [6.45, 7) is 8.41. The quantitative estimate of drug-likeness (QED) is 0.328. The predicted octanol–water partition coefficient (Wildman–Crippen LogP) is 8.47. The lowest BCUT2D eigenvalue weighted by Gasteiger charge is -2.47. The van der Waals surface area contributed by atoms with Gasteiger partial charge in [0.1, 0.15) is 0 Å². The van der Waals surface area contributed by atoms with Crippen molar-refractivity contribution in [2.75, 3.05) is 39.3 Å². The van der Waals surface area contributed by atoms with Gasteiger partial charge >= 0.3 is 0 Å². The van der Waals surface area contributed by atoms with Crippen LogP contribution in [0.25, 0.3) is 0 Å². The van der Waals surface area contributed by atoms with Crippen LogP contribution in [-0.2, 0) is 0 Å². The van der Waals surface area contributed by atoms with Crippen LogP contribution in [0.1, 0.15) is 128 Å². The number of hydrogen-bond acceptors (Lipinski definition) is 2. The summed E-state index contributed by atoms with van der Waals surface area (Å²) in [7, 11) is 0. The molecule has 6 bridgehead atoms. The fraction of sp³-hybridized carbons (Fsp3) is 0.938. The molecule has 5 heterocycles. The van der Waals surface area contributed by atoms with Crippen LogP contribution < -0.4 is 0 Å². The van der Waals surface area contributed by atoms with E-state index in [2.05, 4.69) is 22.0 Å². The molecule has 0 aromatic rings. The summed E-state index contributed by atoms with van der Waals surface area (Å²) < 4.78 is 0. The van der Waals surface area contributed by atoms with E-state index in [4.69, 9.17) is 0 Å². The lowest BCUT2D eigenvalue weighted by molar-refractivity contribution is 0.0185. The maximum Gasteiger partial charge on any atom is 0.00127 e. The first-order valence-corrected chi connectivity index (χ1v) is 16.0. The van der Waals surface area contributed by atoms with Crippen LogP contribution in [-0.4, -0.2) is 49.1 Å². The van der Waals surface area contributed by atoms with Crippen molar-refractivity contribution in [3.63, 3.8) is 0 Å². The van der Waals surface area contributed by atoms with Gasteiger partial charge in [-0.25, -0.2) is 0 Å². The third kappa shape index (κ3) is 9.27. The Bertz CT molecular complexity index is 557. The first-order chi connectivity index (χ1) is 16.9. The Balaban J connectivity index is 1.45. The summed E-state index contributed by atoms with van der Waals surface area (Å²) in [4.78, 5) is 5.84. The van der Waals surface area contributed by atoms with Crippen LogP contribution in [0.3, 0.4) is 0 Å². The van der Waals surface area contributed by atoms with Gasteiger partial charge in [0, 0.05) is 19.6 Å². The first-order valence-electron chi connectivity index (χ1n) is 16.0. The summed E-state index contributed by atoms with van der Waals surface area (Å²) in [6.07, 6.45) is 34.1. The van der Waals surface area contributed by atoms with Crippen LogP contribution in [0, 0.1) is 23.7 Å². The predicted molar refractivity (Wildman–Crippen MR) is 148 cm³/mol. The molecule has 5 rings (SSSR count). The number of fused-ring (bicyclic) bond motifs is 11. The van der Waals surface area contributed by atoms with Crippen molar-refractivity contribution in [3.8, 4) is 0 Å². The van der Waals surface area contributed by atoms with E-state index >= 15 is 0 Å². The van der Waals surface area contributed by atoms with Gasteiger partial charge in [0.05, 0.1) is 0 Å². The van der Waals surface area contributed by atoms with Crippen LogP contribution in [0.5, 0.6) is 0 Å². The molecule has 6 atom stereocenters. The second-order valence-electron chi connectivity index (χ2n) is 12.7. The van der Waals surface area contributed by atoms with Crippen molar-refractivity contribution in [1.29, 1.82) is 0 Å². The minimum atomic E-state index is 0.977. The molecule has 0 aromatic heterocycles. The van der Waals surface area contributed by atoms with Crippen molar-refractivity contribution >= 4 is 0 Å². The van der Waals surface area contributed by atoms with E-state index in [1.165, 1.54) is 161 Å². The van der Waals surface area contributed by atoms with Crippen LogP contribution in [0.2, 0.25) is 0 Å². The molecule has 5 aliphatic rings. The molecule has 0 N–H and O–H groups in total. The maximum absolute atomic E-state index is 2.94. The summed E-state index contributed by atoms with van der Waals surface area (Å²) in [6, 6.07) is 0. The Kier molecular flexibility index (Phi) is 12.3. The second kappa shape index (κ2) is 15.7. The molecular formula is C32H58N2. The van der Waals surface area contributed by atoms with Gasteiger partial charge in [-0.3, -0.25) is 0 Å². The normalized spacial score (nSPS) is 38.4. The summed E-state index contributed by atoms with van der Waals surface area (Å²) in [5.41, 5.74) is 0. The molecule has 196 valence electrons. The van der Waals surface area contributed by atoms with Crippen molar-refractivity contribution < 1.29 is 0 Å². The number of piperidine rings is 2. The number of allylic oxidation sites excluding steroid dienone is 2. The minimum absolute atomic E-state index is 0.977. The van der Waals surface area contributed by atoms with Crippen LogP contribution in [0.15, 0.2) is 12.2 Å². The molecule has 3 unspecified atom stereocenters. The summed E-state index contributed by atoms with van der Waals surface area (Å²) in [5.74, 6) is 3.95. The zero-order valence-corrected chi connectivity index (χ0v) is 22.7. The molecule has 4 saturated heterocycles. The van der Waals surface area contributed by atoms with Gasteiger partial charge in [0.15, 0.2) is 0 Å². The van der Waals surface area contributed by atoms with Crippen molar-refractivity contribution in [1.82, 2.24) is 9.80 Å². The Morgan fingerprint density at radius 2 is 1.03 bits per heavy atom. The second-order valence-corrected chi connectivity index (χ2v) is 12.7. The molecule has 0 radical (unpaired) electrons. The van der Waals surface area contributed by atoms with Gasteiger partial charge in [0.25, 0.3) is 0 Å². The molecule has 4 fully saturated rings. The highest BCUT2D eigenvalue weighted by atomic mass is 15.1. The van der Waals surface area contributed by atoms with Gasteiger partial charge in [-0.1, -0.05) is 76.4 Å². The highest BCUT2D eigenvalue weighted by Crippen LogP contribution is 2.40. The van der Waals surface area contributed by atoms with Gasteiger partial charge in [-0.15, -0.1) is 0 Å². The molecule has 0 aliphatic carbocycles. The maximum atomic E-state index is 2.94. The Morgan fingerprint density at radius 1 is 0.441 bits per heavy atom. The molecule has 0 amide bonds. The van der Waals surface area contributed by atoms with E-state index in [9.17, 15) is 0 Å². The summed E-state index contributed by atoms with van der Waals surface area (Å²) >= 11 is 0. The minimum Gasteiger partial charge on any atom is -0.303 e. The SMILES string of the molecule is C1=CCCCCN2CC3CCCCCCCCCCN4CC[C@H]([C@H](C3)C2)[C@@H](CCCCCC1)C4. The lowest BCUT2D eigenvalue weighted by Crippen LogP contribution is -2.49. The first kappa shape index (κ1) is 26.7. The van der Waals surface area contributed by atoms with E-state index < -0.39 is 0 Å². The van der Waals surface area contributed by atoms with Crippen LogP contribution in [0.4, 0.5) is 0 Å². The lowest BCUT2D eigenvalue weighted by atomic mass is 9.69. The average Bonchev–Trinajstić information content (AvgIpc) is 2.85. The van der Waals surface area contributed by atoms with Crippen molar-refractivity contribution in [2.24, 2.45) is 23.7 Å². The number of rotatable bonds is 0. The van der Waals surface area contributed by atoms with Gasteiger partial charge in [-0.2, -0.15) is 0 Å². The highest BCUT2D eigenvalue weighted by Gasteiger charge is 2.38. The van der Waals surface area contributed by atoms with Gasteiger partial charge in [-0.05, 0) is 108 Å². The molecule has 5 aliphatic heterocycles. The average molecular weight is 471 g/mol. The largest absolute Gasteiger partial charge is 0.303 e. The fourth-order valence-corrected chi connectivity index (χ4v) is 7.99. The van der Waals surface area contributed by atoms with Gasteiger partial charge < -0.3 is 9.80 Å². The summed E-state index contributed by atoms with van der Waals surface area (Å²) in [5, 5.41) is 0. The fourth-order valence-electron chi connectivity index (χ4n) is 7.99. The van der Waals surface area contributed by atoms with Crippen LogP contribution >= 0.6 is 0 Å². The van der Waals surface area contributed by atoms with E-state index in [1.54, 1.807) is 6.42 Å². The third-order valence-electron chi connectivity index (χ3n) is 9.92. The number of nitrogens with zero attached hydrogens (tertiary/aromatic N) is 2. The highest BCUT2D eigenvalue weighted by molar-refractivity contribution is 4.90. The Hall–Kier alpha value is -0.340. The zero-order valence-electron chi connectivity index (χ0n) is 22.7. The molecular weight excluding hydrogens is 412 g/mol. The van der Waals surface area contributed by atoms with Crippen molar-refractivity contribution in [3.05, 3.63) is 12.2 Å². The van der Waals surface area contributed by atoms with Crippen molar-refractivity contribution in [2.45, 2.75) is 128 Å². The topological polar surface area (TPSA) is 6.48 Å². The van der Waals surface area contributed by atoms with E-state index in [0.29, 0.717) is 0 Å². The number of hydrogen-bond donors (Lipinski definition) is 0. The Morgan fingerprint density at radius 3 is 1.85 bits per heavy atom. The standard InChI is InChI=1S/C32H58N2/c1-2-5-10-14-18-23-34-26-29-19-15-11-7-4-6-9-13-17-22-33-24-21-32(31(25-29)28-34)30(27-33)20-16-12-8-3-1/h2,5,29-32H,1,3-4,6-28H2/t29?,30-,31+,32-/m0/s1. The molecule has 2 nitrogen and oxygen atoms in total. The molecule has 0 saturated carbocycles. The monoisotopic (exact) mass is 470 g/mol.